The molecule has 0 spiro atoms. The van der Waals surface area contributed by atoms with Crippen LogP contribution in [0.4, 0.5) is 0 Å². The van der Waals surface area contributed by atoms with E-state index in [2.05, 4.69) is 6.08 Å². The first kappa shape index (κ1) is 9.60. The van der Waals surface area contributed by atoms with Gasteiger partial charge in [-0.25, -0.2) is 0 Å². The molecule has 2 heteroatoms. The Bertz CT molecular complexity index is 369. The van der Waals surface area contributed by atoms with Crippen LogP contribution in [0.5, 0.6) is 5.75 Å². The summed E-state index contributed by atoms with van der Waals surface area (Å²) in [6, 6.07) is 5.52. The molecule has 0 unspecified atom stereocenters. The Balaban J connectivity index is 2.20. The second kappa shape index (κ2) is 4.05. The van der Waals surface area contributed by atoms with Crippen molar-refractivity contribution >= 4 is 11.6 Å². The van der Waals surface area contributed by atoms with E-state index in [-0.39, 0.29) is 5.75 Å². The second-order valence-corrected chi connectivity index (χ2v) is 4.09. The van der Waals surface area contributed by atoms with Crippen LogP contribution >= 0.6 is 11.6 Å². The van der Waals surface area contributed by atoms with Gasteiger partial charge in [-0.3, -0.25) is 0 Å². The van der Waals surface area contributed by atoms with Crippen molar-refractivity contribution in [3.05, 3.63) is 40.4 Å². The minimum absolute atomic E-state index is 0.238. The van der Waals surface area contributed by atoms with Crippen LogP contribution in [-0.4, -0.2) is 5.11 Å². The van der Waals surface area contributed by atoms with Gasteiger partial charge in [0.25, 0.3) is 0 Å². The fraction of sp³-hybridized carbons (Fsp3) is 0.333. The monoisotopic (exact) mass is 208 g/mol. The summed E-state index contributed by atoms with van der Waals surface area (Å²) in [5.74, 6) is 0.238. The number of hydrogen-bond acceptors (Lipinski definition) is 1. The Kier molecular flexibility index (Phi) is 2.78. The molecule has 0 radical (unpaired) electrons. The molecule has 1 aromatic rings. The number of phenolic OH excluding ortho intramolecular Hbond substituents is 1. The zero-order valence-corrected chi connectivity index (χ0v) is 8.72. The van der Waals surface area contributed by atoms with Crippen molar-refractivity contribution < 1.29 is 5.11 Å². The first-order valence-corrected chi connectivity index (χ1v) is 5.29. The maximum Gasteiger partial charge on any atom is 0.137 e. The number of para-hydroxylation sites is 1. The summed E-state index contributed by atoms with van der Waals surface area (Å²) in [7, 11) is 0. The molecule has 0 aliphatic heterocycles. The Morgan fingerprint density at radius 2 is 2.21 bits per heavy atom. The van der Waals surface area contributed by atoms with Crippen molar-refractivity contribution in [1.29, 1.82) is 0 Å². The molecular formula is C12H13ClO. The molecule has 0 saturated heterocycles. The summed E-state index contributed by atoms with van der Waals surface area (Å²) < 4.78 is 0. The molecule has 0 aromatic heterocycles. The van der Waals surface area contributed by atoms with Crippen LogP contribution in [0, 0.1) is 0 Å². The van der Waals surface area contributed by atoms with Crippen LogP contribution in [0.25, 0.3) is 0 Å². The summed E-state index contributed by atoms with van der Waals surface area (Å²) in [5.41, 5.74) is 2.35. The molecule has 1 N–H and O–H groups in total. The number of halogens is 1. The molecule has 2 rings (SSSR count). The fourth-order valence-electron chi connectivity index (χ4n) is 1.85. The second-order valence-electron chi connectivity index (χ2n) is 3.68. The number of hydrogen-bond donors (Lipinski definition) is 1. The largest absolute Gasteiger partial charge is 0.506 e. The quantitative estimate of drug-likeness (QED) is 0.735. The topological polar surface area (TPSA) is 20.2 Å². The maximum atomic E-state index is 9.70. The average molecular weight is 209 g/mol. The van der Waals surface area contributed by atoms with E-state index in [1.54, 1.807) is 6.07 Å². The Morgan fingerprint density at radius 1 is 1.36 bits per heavy atom. The summed E-state index contributed by atoms with van der Waals surface area (Å²) in [6.45, 7) is 0. The van der Waals surface area contributed by atoms with Crippen LogP contribution < -0.4 is 0 Å². The minimum atomic E-state index is 0.238. The van der Waals surface area contributed by atoms with Crippen LogP contribution in [0.2, 0.25) is 5.02 Å². The molecule has 0 bridgehead atoms. The number of benzene rings is 1. The van der Waals surface area contributed by atoms with Crippen LogP contribution in [0.3, 0.4) is 0 Å². The van der Waals surface area contributed by atoms with E-state index < -0.39 is 0 Å². The third-order valence-electron chi connectivity index (χ3n) is 2.62. The van der Waals surface area contributed by atoms with Gasteiger partial charge in [0.15, 0.2) is 0 Å². The molecule has 0 heterocycles. The highest BCUT2D eigenvalue weighted by atomic mass is 35.5. The predicted octanol–water partition coefficient (Wildman–Crippen LogP) is 3.70. The SMILES string of the molecule is Oc1c(Cl)cccc1CC1=CCCC1. The van der Waals surface area contributed by atoms with Gasteiger partial charge in [0.1, 0.15) is 5.75 Å². The number of rotatable bonds is 2. The highest BCUT2D eigenvalue weighted by Gasteiger charge is 2.09. The zero-order valence-electron chi connectivity index (χ0n) is 7.96. The van der Waals surface area contributed by atoms with Crippen molar-refractivity contribution in [3.8, 4) is 5.75 Å². The van der Waals surface area contributed by atoms with Gasteiger partial charge in [0.2, 0.25) is 0 Å². The van der Waals surface area contributed by atoms with Gasteiger partial charge in [0.05, 0.1) is 5.02 Å². The molecule has 0 fully saturated rings. The van der Waals surface area contributed by atoms with E-state index >= 15 is 0 Å². The van der Waals surface area contributed by atoms with E-state index in [1.165, 1.54) is 18.4 Å². The highest BCUT2D eigenvalue weighted by molar-refractivity contribution is 6.32. The lowest BCUT2D eigenvalue weighted by Gasteiger charge is -2.06. The summed E-state index contributed by atoms with van der Waals surface area (Å²) in [4.78, 5) is 0. The highest BCUT2D eigenvalue weighted by Crippen LogP contribution is 2.31. The lowest BCUT2D eigenvalue weighted by Crippen LogP contribution is -1.88. The molecule has 14 heavy (non-hydrogen) atoms. The lowest BCUT2D eigenvalue weighted by atomic mass is 10.0. The first-order valence-electron chi connectivity index (χ1n) is 4.91. The zero-order chi connectivity index (χ0) is 9.97. The smallest absolute Gasteiger partial charge is 0.137 e. The molecule has 0 amide bonds. The summed E-state index contributed by atoms with van der Waals surface area (Å²) in [6.07, 6.45) is 6.69. The van der Waals surface area contributed by atoms with Crippen molar-refractivity contribution in [3.63, 3.8) is 0 Å². The molecule has 1 nitrogen and oxygen atoms in total. The Hall–Kier alpha value is -0.950. The Labute approximate surface area is 89.0 Å². The van der Waals surface area contributed by atoms with E-state index in [0.29, 0.717) is 5.02 Å². The number of aromatic hydroxyl groups is 1. The van der Waals surface area contributed by atoms with E-state index in [9.17, 15) is 5.11 Å². The number of phenols is 1. The van der Waals surface area contributed by atoms with E-state index in [1.807, 2.05) is 12.1 Å². The van der Waals surface area contributed by atoms with Gasteiger partial charge in [-0.2, -0.15) is 0 Å². The third kappa shape index (κ3) is 1.93. The molecule has 1 aliphatic carbocycles. The van der Waals surface area contributed by atoms with Crippen molar-refractivity contribution in [2.75, 3.05) is 0 Å². The van der Waals surface area contributed by atoms with Crippen molar-refractivity contribution in [2.24, 2.45) is 0 Å². The molecule has 0 atom stereocenters. The average Bonchev–Trinajstić information content (AvgIpc) is 2.66. The molecule has 1 aromatic carbocycles. The lowest BCUT2D eigenvalue weighted by molar-refractivity contribution is 0.469. The van der Waals surface area contributed by atoms with Crippen LogP contribution in [-0.2, 0) is 6.42 Å². The fourth-order valence-corrected chi connectivity index (χ4v) is 2.04. The van der Waals surface area contributed by atoms with Gasteiger partial charge in [-0.15, -0.1) is 0 Å². The van der Waals surface area contributed by atoms with Gasteiger partial charge in [-0.1, -0.05) is 35.4 Å². The maximum absolute atomic E-state index is 9.70. The molecule has 74 valence electrons. The minimum Gasteiger partial charge on any atom is -0.506 e. The normalized spacial score (nSPS) is 15.6. The summed E-state index contributed by atoms with van der Waals surface area (Å²) >= 11 is 5.83. The van der Waals surface area contributed by atoms with Gasteiger partial charge < -0.3 is 5.11 Å². The van der Waals surface area contributed by atoms with Crippen molar-refractivity contribution in [2.45, 2.75) is 25.7 Å². The molecule has 0 saturated carbocycles. The standard InChI is InChI=1S/C12H13ClO/c13-11-7-3-6-10(12(11)14)8-9-4-1-2-5-9/h3-4,6-7,14H,1-2,5,8H2. The van der Waals surface area contributed by atoms with E-state index in [0.717, 1.165) is 18.4 Å². The van der Waals surface area contributed by atoms with Crippen molar-refractivity contribution in [1.82, 2.24) is 0 Å². The number of allylic oxidation sites excluding steroid dienone is 2. The van der Waals surface area contributed by atoms with Crippen LogP contribution in [0.1, 0.15) is 24.8 Å². The molecule has 1 aliphatic rings. The predicted molar refractivity (Wildman–Crippen MR) is 58.8 cm³/mol. The third-order valence-corrected chi connectivity index (χ3v) is 2.93. The Morgan fingerprint density at radius 3 is 2.93 bits per heavy atom. The summed E-state index contributed by atoms with van der Waals surface area (Å²) in [5, 5.41) is 10.1. The first-order chi connectivity index (χ1) is 6.77. The van der Waals surface area contributed by atoms with Gasteiger partial charge in [-0.05, 0) is 37.3 Å². The van der Waals surface area contributed by atoms with Gasteiger partial charge in [0, 0.05) is 0 Å². The van der Waals surface area contributed by atoms with E-state index in [4.69, 9.17) is 11.6 Å². The van der Waals surface area contributed by atoms with Gasteiger partial charge >= 0.3 is 0 Å². The molecular weight excluding hydrogens is 196 g/mol. The van der Waals surface area contributed by atoms with Crippen LogP contribution in [0.15, 0.2) is 29.8 Å².